The molecule has 2 aromatic heterocycles. The molecule has 4 rings (SSSR count). The number of benzene rings is 1. The molecule has 0 aliphatic carbocycles. The third-order valence-electron chi connectivity index (χ3n) is 5.55. The van der Waals surface area contributed by atoms with Gasteiger partial charge in [0.15, 0.2) is 0 Å². The molecule has 3 aromatic rings. The standard InChI is InChI=1S/C22H17F6N3O3S/c1-30-16-10-17(21(23,24)25)35-19(16)18(15(11-29)20(30)32)31-8-6-13(7-9-31)33-12-2-4-14(5-3-12)34-22(26,27)28/h2-5,10,13H,6-9H2,1H3. The number of alkyl halides is 6. The molecule has 1 saturated heterocycles. The van der Waals surface area contributed by atoms with Crippen LogP contribution in [0.25, 0.3) is 10.2 Å². The van der Waals surface area contributed by atoms with Gasteiger partial charge in [-0.05, 0) is 30.3 Å². The maximum absolute atomic E-state index is 13.3. The number of rotatable bonds is 4. The molecule has 0 spiro atoms. The minimum absolute atomic E-state index is 0.0980. The van der Waals surface area contributed by atoms with Gasteiger partial charge < -0.3 is 18.9 Å². The second-order valence-corrected chi connectivity index (χ2v) is 8.90. The van der Waals surface area contributed by atoms with Crippen LogP contribution in [0.5, 0.6) is 11.5 Å². The molecule has 35 heavy (non-hydrogen) atoms. The van der Waals surface area contributed by atoms with Gasteiger partial charge in [-0.15, -0.1) is 24.5 Å². The van der Waals surface area contributed by atoms with E-state index in [1.54, 1.807) is 4.90 Å². The van der Waals surface area contributed by atoms with E-state index in [2.05, 4.69) is 4.74 Å². The van der Waals surface area contributed by atoms with E-state index in [1.165, 1.54) is 19.2 Å². The first-order valence-corrected chi connectivity index (χ1v) is 11.1. The summed E-state index contributed by atoms with van der Waals surface area (Å²) in [5, 5.41) is 9.61. The molecule has 0 atom stereocenters. The molecule has 6 nitrogen and oxygen atoms in total. The van der Waals surface area contributed by atoms with Crippen LogP contribution in [0.1, 0.15) is 23.3 Å². The Hall–Kier alpha value is -3.40. The van der Waals surface area contributed by atoms with Gasteiger partial charge in [-0.1, -0.05) is 0 Å². The molecular formula is C22H17F6N3O3S. The van der Waals surface area contributed by atoms with Crippen LogP contribution in [0.4, 0.5) is 32.0 Å². The van der Waals surface area contributed by atoms with E-state index >= 15 is 0 Å². The Labute approximate surface area is 198 Å². The first-order valence-electron chi connectivity index (χ1n) is 10.3. The molecular weight excluding hydrogens is 500 g/mol. The zero-order valence-corrected chi connectivity index (χ0v) is 18.9. The van der Waals surface area contributed by atoms with Crippen molar-refractivity contribution in [3.63, 3.8) is 0 Å². The Morgan fingerprint density at radius 1 is 1.06 bits per heavy atom. The SMILES string of the molecule is Cn1c(=O)c(C#N)c(N2CCC(Oc3ccc(OC(F)(F)F)cc3)CC2)c2sc(C(F)(F)F)cc21. The van der Waals surface area contributed by atoms with Crippen LogP contribution in [-0.2, 0) is 13.2 Å². The number of aromatic nitrogens is 1. The quantitative estimate of drug-likeness (QED) is 0.432. The van der Waals surface area contributed by atoms with Crippen molar-refractivity contribution in [2.45, 2.75) is 31.5 Å². The Morgan fingerprint density at radius 3 is 2.20 bits per heavy atom. The average Bonchev–Trinajstić information content (AvgIpc) is 3.23. The second-order valence-electron chi connectivity index (χ2n) is 7.85. The summed E-state index contributed by atoms with van der Waals surface area (Å²) >= 11 is 0.485. The smallest absolute Gasteiger partial charge is 0.490 e. The highest BCUT2D eigenvalue weighted by Crippen LogP contribution is 2.42. The van der Waals surface area contributed by atoms with Crippen LogP contribution in [0.15, 0.2) is 35.1 Å². The molecule has 13 heteroatoms. The lowest BCUT2D eigenvalue weighted by Crippen LogP contribution is -2.39. The summed E-state index contributed by atoms with van der Waals surface area (Å²) < 4.78 is 87.8. The van der Waals surface area contributed by atoms with Crippen LogP contribution in [-0.4, -0.2) is 30.1 Å². The number of thiophene rings is 1. The van der Waals surface area contributed by atoms with Crippen LogP contribution in [0.2, 0.25) is 0 Å². The summed E-state index contributed by atoms with van der Waals surface area (Å²) in [6, 6.07) is 7.69. The number of fused-ring (bicyclic) bond motifs is 1. The van der Waals surface area contributed by atoms with Crippen LogP contribution in [0, 0.1) is 11.3 Å². The van der Waals surface area contributed by atoms with Gasteiger partial charge in [0.1, 0.15) is 34.1 Å². The van der Waals surface area contributed by atoms with Crippen molar-refractivity contribution in [3.8, 4) is 17.6 Å². The zero-order chi connectivity index (χ0) is 25.5. The Kier molecular flexibility index (Phi) is 6.35. The summed E-state index contributed by atoms with van der Waals surface area (Å²) in [7, 11) is 1.33. The van der Waals surface area contributed by atoms with Gasteiger partial charge in [-0.25, -0.2) is 0 Å². The lowest BCUT2D eigenvalue weighted by molar-refractivity contribution is -0.274. The van der Waals surface area contributed by atoms with E-state index in [0.717, 1.165) is 22.8 Å². The van der Waals surface area contributed by atoms with Crippen molar-refractivity contribution in [2.75, 3.05) is 18.0 Å². The fraction of sp³-hybridized carbons (Fsp3) is 0.364. The molecule has 1 aliphatic heterocycles. The highest BCUT2D eigenvalue weighted by atomic mass is 32.1. The highest BCUT2D eigenvalue weighted by molar-refractivity contribution is 7.19. The third-order valence-corrected chi connectivity index (χ3v) is 6.73. The number of halogens is 6. The number of nitriles is 1. The lowest BCUT2D eigenvalue weighted by atomic mass is 10.1. The van der Waals surface area contributed by atoms with Crippen molar-refractivity contribution in [1.82, 2.24) is 4.57 Å². The van der Waals surface area contributed by atoms with Crippen molar-refractivity contribution in [2.24, 2.45) is 7.05 Å². The molecule has 0 bridgehead atoms. The second kappa shape index (κ2) is 8.99. The maximum Gasteiger partial charge on any atom is 0.573 e. The molecule has 1 fully saturated rings. The fourth-order valence-electron chi connectivity index (χ4n) is 3.94. The van der Waals surface area contributed by atoms with Crippen molar-refractivity contribution >= 4 is 27.2 Å². The van der Waals surface area contributed by atoms with Gasteiger partial charge in [0, 0.05) is 33.0 Å². The van der Waals surface area contributed by atoms with Crippen LogP contribution >= 0.6 is 11.3 Å². The predicted octanol–water partition coefficient (Wildman–Crippen LogP) is 5.44. The van der Waals surface area contributed by atoms with E-state index in [4.69, 9.17) is 4.74 Å². The van der Waals surface area contributed by atoms with Gasteiger partial charge >= 0.3 is 12.5 Å². The number of ether oxygens (including phenoxy) is 2. The van der Waals surface area contributed by atoms with Crippen molar-refractivity contribution in [1.29, 1.82) is 5.26 Å². The number of hydrogen-bond acceptors (Lipinski definition) is 6. The number of piperidine rings is 1. The van der Waals surface area contributed by atoms with Gasteiger partial charge in [-0.2, -0.15) is 18.4 Å². The number of hydrogen-bond donors (Lipinski definition) is 0. The number of nitrogens with zero attached hydrogens (tertiary/aromatic N) is 3. The third kappa shape index (κ3) is 5.17. The summed E-state index contributed by atoms with van der Waals surface area (Å²) in [6.07, 6.45) is -8.88. The fourth-order valence-corrected chi connectivity index (χ4v) is 5.08. The molecule has 0 radical (unpaired) electrons. The Balaban J connectivity index is 1.54. The normalized spacial score (nSPS) is 15.3. The summed E-state index contributed by atoms with van der Waals surface area (Å²) in [6.45, 7) is 0.603. The summed E-state index contributed by atoms with van der Waals surface area (Å²) in [5.74, 6) is -0.0488. The van der Waals surface area contributed by atoms with Crippen molar-refractivity contribution in [3.05, 3.63) is 51.1 Å². The van der Waals surface area contributed by atoms with E-state index in [9.17, 15) is 36.4 Å². The van der Waals surface area contributed by atoms with Crippen LogP contribution < -0.4 is 19.9 Å². The van der Waals surface area contributed by atoms with Crippen molar-refractivity contribution < 1.29 is 35.8 Å². The Bertz CT molecular complexity index is 1330. The Morgan fingerprint density at radius 2 is 1.66 bits per heavy atom. The van der Waals surface area contributed by atoms with E-state index in [1.807, 2.05) is 6.07 Å². The minimum atomic E-state index is -4.80. The van der Waals surface area contributed by atoms with E-state index < -0.39 is 23.0 Å². The van der Waals surface area contributed by atoms with Crippen LogP contribution in [0.3, 0.4) is 0 Å². The molecule has 186 valence electrons. The van der Waals surface area contributed by atoms with Gasteiger partial charge in [0.05, 0.1) is 15.9 Å². The molecule has 1 aromatic carbocycles. The van der Waals surface area contributed by atoms with Gasteiger partial charge in [0.25, 0.3) is 5.56 Å². The predicted molar refractivity (Wildman–Crippen MR) is 116 cm³/mol. The van der Waals surface area contributed by atoms with E-state index in [-0.39, 0.29) is 33.3 Å². The molecule has 0 amide bonds. The minimum Gasteiger partial charge on any atom is -0.490 e. The monoisotopic (exact) mass is 517 g/mol. The summed E-state index contributed by atoms with van der Waals surface area (Å²) in [4.78, 5) is 13.5. The first-order chi connectivity index (χ1) is 16.4. The number of anilines is 1. The van der Waals surface area contributed by atoms with E-state index in [0.29, 0.717) is 43.0 Å². The van der Waals surface area contributed by atoms with Gasteiger partial charge in [0.2, 0.25) is 0 Å². The first kappa shape index (κ1) is 24.7. The molecule has 3 heterocycles. The number of aryl methyl sites for hydroxylation is 1. The topological polar surface area (TPSA) is 67.5 Å². The maximum atomic E-state index is 13.3. The molecule has 0 unspecified atom stereocenters. The number of pyridine rings is 1. The highest BCUT2D eigenvalue weighted by Gasteiger charge is 2.35. The molecule has 0 saturated carbocycles. The lowest BCUT2D eigenvalue weighted by Gasteiger charge is -2.34. The largest absolute Gasteiger partial charge is 0.573 e. The van der Waals surface area contributed by atoms with Gasteiger partial charge in [-0.3, -0.25) is 4.79 Å². The molecule has 1 aliphatic rings. The average molecular weight is 517 g/mol. The zero-order valence-electron chi connectivity index (χ0n) is 18.0. The summed E-state index contributed by atoms with van der Waals surface area (Å²) in [5.41, 5.74) is -0.629. The molecule has 0 N–H and O–H groups in total.